The summed E-state index contributed by atoms with van der Waals surface area (Å²) in [4.78, 5) is 12.8. The molecular weight excluding hydrogens is 300 g/mol. The SMILES string of the molecule is N#C/C(=C1/C=CNC(=NCCc2cccnc2)N1)c1ccccn1. The second-order valence-corrected chi connectivity index (χ2v) is 5.06. The van der Waals surface area contributed by atoms with Gasteiger partial charge in [0.15, 0.2) is 5.96 Å². The summed E-state index contributed by atoms with van der Waals surface area (Å²) in [6.45, 7) is 0.619. The molecule has 0 saturated heterocycles. The third-order valence-corrected chi connectivity index (χ3v) is 3.42. The Morgan fingerprint density at radius 2 is 2.17 bits per heavy atom. The number of allylic oxidation sites excluding steroid dienone is 2. The predicted octanol–water partition coefficient (Wildman–Crippen LogP) is 2.02. The number of guanidine groups is 1. The van der Waals surface area contributed by atoms with Crippen molar-refractivity contribution in [3.63, 3.8) is 0 Å². The highest BCUT2D eigenvalue weighted by Crippen LogP contribution is 2.16. The summed E-state index contributed by atoms with van der Waals surface area (Å²) in [6, 6.07) is 11.6. The Labute approximate surface area is 140 Å². The molecule has 2 aromatic rings. The molecule has 6 heteroatoms. The molecule has 0 spiro atoms. The van der Waals surface area contributed by atoms with Crippen LogP contribution >= 0.6 is 0 Å². The second-order valence-electron chi connectivity index (χ2n) is 5.06. The number of nitrogens with one attached hydrogen (secondary N) is 2. The van der Waals surface area contributed by atoms with Crippen LogP contribution in [0, 0.1) is 11.3 Å². The van der Waals surface area contributed by atoms with Gasteiger partial charge in [0.2, 0.25) is 0 Å². The van der Waals surface area contributed by atoms with Crippen molar-refractivity contribution in [2.75, 3.05) is 6.54 Å². The zero-order valence-corrected chi connectivity index (χ0v) is 13.0. The summed E-state index contributed by atoms with van der Waals surface area (Å²) in [5.74, 6) is 0.611. The van der Waals surface area contributed by atoms with Gasteiger partial charge in [0, 0.05) is 31.3 Å². The monoisotopic (exact) mass is 316 g/mol. The fraction of sp³-hybridized carbons (Fsp3) is 0.111. The van der Waals surface area contributed by atoms with E-state index in [1.807, 2.05) is 36.5 Å². The average Bonchev–Trinajstić information content (AvgIpc) is 2.65. The van der Waals surface area contributed by atoms with Crippen molar-refractivity contribution in [3.8, 4) is 6.07 Å². The largest absolute Gasteiger partial charge is 0.333 e. The Kier molecular flexibility index (Phi) is 4.95. The maximum Gasteiger partial charge on any atom is 0.199 e. The van der Waals surface area contributed by atoms with Crippen LogP contribution in [-0.2, 0) is 6.42 Å². The van der Waals surface area contributed by atoms with E-state index < -0.39 is 0 Å². The quantitative estimate of drug-likeness (QED) is 0.843. The summed E-state index contributed by atoms with van der Waals surface area (Å²) in [6.07, 6.45) is 9.61. The number of nitrogens with zero attached hydrogens (tertiary/aromatic N) is 4. The maximum absolute atomic E-state index is 9.45. The van der Waals surface area contributed by atoms with Crippen LogP contribution in [0.5, 0.6) is 0 Å². The number of aromatic nitrogens is 2. The number of aliphatic imine (C=N–C) groups is 1. The summed E-state index contributed by atoms with van der Waals surface area (Å²) in [5, 5.41) is 15.6. The number of hydrogen-bond donors (Lipinski definition) is 2. The molecule has 1 aliphatic rings. The molecule has 0 unspecified atom stereocenters. The van der Waals surface area contributed by atoms with Gasteiger partial charge in [-0.1, -0.05) is 12.1 Å². The van der Waals surface area contributed by atoms with Crippen LogP contribution in [0.3, 0.4) is 0 Å². The molecule has 1 aliphatic heterocycles. The van der Waals surface area contributed by atoms with Gasteiger partial charge in [-0.2, -0.15) is 5.26 Å². The third kappa shape index (κ3) is 3.84. The van der Waals surface area contributed by atoms with Crippen molar-refractivity contribution < 1.29 is 0 Å². The lowest BCUT2D eigenvalue weighted by molar-refractivity contribution is 0.917. The Hall–Kier alpha value is -3.46. The van der Waals surface area contributed by atoms with E-state index in [1.165, 1.54) is 0 Å². The Balaban J connectivity index is 1.73. The Morgan fingerprint density at radius 3 is 2.92 bits per heavy atom. The van der Waals surface area contributed by atoms with E-state index in [9.17, 15) is 5.26 Å². The van der Waals surface area contributed by atoms with Crippen LogP contribution in [0.1, 0.15) is 11.3 Å². The van der Waals surface area contributed by atoms with Crippen molar-refractivity contribution in [2.45, 2.75) is 6.42 Å². The van der Waals surface area contributed by atoms with E-state index >= 15 is 0 Å². The molecule has 6 nitrogen and oxygen atoms in total. The van der Waals surface area contributed by atoms with Crippen molar-refractivity contribution in [2.24, 2.45) is 4.99 Å². The lowest BCUT2D eigenvalue weighted by Gasteiger charge is -2.17. The van der Waals surface area contributed by atoms with Crippen molar-refractivity contribution >= 4 is 11.5 Å². The number of pyridine rings is 2. The summed E-state index contributed by atoms with van der Waals surface area (Å²) in [5.41, 5.74) is 2.92. The highest BCUT2D eigenvalue weighted by molar-refractivity contribution is 5.89. The van der Waals surface area contributed by atoms with Gasteiger partial charge < -0.3 is 10.6 Å². The predicted molar refractivity (Wildman–Crippen MR) is 92.4 cm³/mol. The van der Waals surface area contributed by atoms with Crippen molar-refractivity contribution in [1.82, 2.24) is 20.6 Å². The smallest absolute Gasteiger partial charge is 0.199 e. The molecule has 3 rings (SSSR count). The summed E-state index contributed by atoms with van der Waals surface area (Å²) in [7, 11) is 0. The second kappa shape index (κ2) is 7.70. The standard InChI is InChI=1S/C18H16N6/c19-12-15(16-5-1-2-9-21-16)17-7-11-23-18(24-17)22-10-6-14-4-3-8-20-13-14/h1-5,7-9,11,13H,6,10H2,(H2,22,23,24)/b17-15+. The molecule has 2 aromatic heterocycles. The van der Waals surface area contributed by atoms with Gasteiger partial charge in [0.25, 0.3) is 0 Å². The van der Waals surface area contributed by atoms with Gasteiger partial charge in [-0.05, 0) is 36.3 Å². The molecule has 0 aromatic carbocycles. The first-order valence-electron chi connectivity index (χ1n) is 7.56. The van der Waals surface area contributed by atoms with Crippen LogP contribution in [-0.4, -0.2) is 22.5 Å². The lowest BCUT2D eigenvalue weighted by Crippen LogP contribution is -2.37. The minimum absolute atomic E-state index is 0.480. The molecule has 0 atom stereocenters. The molecule has 0 aliphatic carbocycles. The van der Waals surface area contributed by atoms with Crippen LogP contribution in [0.2, 0.25) is 0 Å². The van der Waals surface area contributed by atoms with Gasteiger partial charge >= 0.3 is 0 Å². The number of hydrogen-bond acceptors (Lipinski definition) is 4. The molecule has 118 valence electrons. The van der Waals surface area contributed by atoms with E-state index in [0.29, 0.717) is 29.5 Å². The third-order valence-electron chi connectivity index (χ3n) is 3.42. The van der Waals surface area contributed by atoms with Gasteiger partial charge in [-0.3, -0.25) is 15.0 Å². The molecule has 0 radical (unpaired) electrons. The fourth-order valence-corrected chi connectivity index (χ4v) is 2.25. The Morgan fingerprint density at radius 1 is 1.21 bits per heavy atom. The molecular formula is C18H16N6. The summed E-state index contributed by atoms with van der Waals surface area (Å²) < 4.78 is 0. The van der Waals surface area contributed by atoms with Gasteiger partial charge in [0.1, 0.15) is 11.6 Å². The fourth-order valence-electron chi connectivity index (χ4n) is 2.25. The molecule has 24 heavy (non-hydrogen) atoms. The highest BCUT2D eigenvalue weighted by atomic mass is 15.2. The minimum Gasteiger partial charge on any atom is -0.333 e. The molecule has 0 amide bonds. The lowest BCUT2D eigenvalue weighted by atomic mass is 10.1. The van der Waals surface area contributed by atoms with E-state index in [-0.39, 0.29) is 0 Å². The molecule has 3 heterocycles. The van der Waals surface area contributed by atoms with E-state index in [0.717, 1.165) is 12.0 Å². The van der Waals surface area contributed by atoms with Gasteiger partial charge in [0.05, 0.1) is 11.4 Å². The van der Waals surface area contributed by atoms with Crippen LogP contribution < -0.4 is 10.6 Å². The average molecular weight is 316 g/mol. The maximum atomic E-state index is 9.45. The van der Waals surface area contributed by atoms with Crippen LogP contribution in [0.25, 0.3) is 5.57 Å². The molecule has 0 fully saturated rings. The Bertz CT molecular complexity index is 816. The topological polar surface area (TPSA) is 86.0 Å². The zero-order valence-electron chi connectivity index (χ0n) is 13.0. The summed E-state index contributed by atoms with van der Waals surface area (Å²) >= 11 is 0. The molecule has 0 bridgehead atoms. The van der Waals surface area contributed by atoms with Gasteiger partial charge in [-0.25, -0.2) is 0 Å². The van der Waals surface area contributed by atoms with Crippen molar-refractivity contribution in [3.05, 3.63) is 78.2 Å². The zero-order chi connectivity index (χ0) is 16.6. The number of rotatable bonds is 4. The normalized spacial score (nSPS) is 16.9. The van der Waals surface area contributed by atoms with Crippen molar-refractivity contribution in [1.29, 1.82) is 5.26 Å². The van der Waals surface area contributed by atoms with Gasteiger partial charge in [-0.15, -0.1) is 0 Å². The van der Waals surface area contributed by atoms with E-state index in [2.05, 4.69) is 31.7 Å². The molecule has 0 saturated carbocycles. The van der Waals surface area contributed by atoms with Crippen LogP contribution in [0.15, 0.2) is 71.9 Å². The first-order valence-corrected chi connectivity index (χ1v) is 7.56. The minimum atomic E-state index is 0.480. The highest BCUT2D eigenvalue weighted by Gasteiger charge is 2.12. The van der Waals surface area contributed by atoms with Crippen LogP contribution in [0.4, 0.5) is 0 Å². The molecule has 2 N–H and O–H groups in total. The first kappa shape index (κ1) is 15.4. The number of nitriles is 1. The van der Waals surface area contributed by atoms with E-state index in [4.69, 9.17) is 0 Å². The first-order chi connectivity index (χ1) is 11.9. The van der Waals surface area contributed by atoms with E-state index in [1.54, 1.807) is 24.7 Å².